The summed E-state index contributed by atoms with van der Waals surface area (Å²) in [4.78, 5) is 3.23. The van der Waals surface area contributed by atoms with Gasteiger partial charge in [-0.1, -0.05) is 6.92 Å². The summed E-state index contributed by atoms with van der Waals surface area (Å²) in [6.07, 6.45) is 4.60. The van der Waals surface area contributed by atoms with E-state index in [0.717, 1.165) is 29.0 Å². The highest BCUT2D eigenvalue weighted by Gasteiger charge is 2.15. The van der Waals surface area contributed by atoms with Crippen LogP contribution in [0.4, 0.5) is 0 Å². The van der Waals surface area contributed by atoms with Crippen molar-refractivity contribution < 1.29 is 0 Å². The Balaban J connectivity index is 2.39. The Morgan fingerprint density at radius 2 is 2.17 bits per heavy atom. The fraction of sp³-hybridized carbons (Fsp3) is 0.364. The second kappa shape index (κ2) is 3.81. The molecule has 0 unspecified atom stereocenters. The topological polar surface area (TPSA) is 56.4 Å². The lowest BCUT2D eigenvalue weighted by molar-refractivity contribution is 0.747. The number of aromatic nitrogens is 6. The van der Waals surface area contributed by atoms with Crippen LogP contribution in [0.2, 0.25) is 0 Å². The highest BCUT2D eigenvalue weighted by atomic mass is 32.1. The zero-order valence-corrected chi connectivity index (χ0v) is 11.3. The van der Waals surface area contributed by atoms with Gasteiger partial charge in [-0.15, -0.1) is 0 Å². The van der Waals surface area contributed by atoms with Crippen molar-refractivity contribution in [2.75, 3.05) is 0 Å². The molecular formula is C11H14N6S. The van der Waals surface area contributed by atoms with E-state index in [1.165, 1.54) is 0 Å². The molecule has 0 bridgehead atoms. The Kier molecular flexibility index (Phi) is 2.37. The summed E-state index contributed by atoms with van der Waals surface area (Å²) >= 11 is 5.39. The van der Waals surface area contributed by atoms with E-state index in [-0.39, 0.29) is 0 Å². The molecule has 1 N–H and O–H groups in total. The van der Waals surface area contributed by atoms with Crippen LogP contribution in [-0.4, -0.2) is 29.1 Å². The molecule has 0 aliphatic carbocycles. The molecule has 0 radical (unpaired) electrons. The predicted octanol–water partition coefficient (Wildman–Crippen LogP) is 1.72. The largest absolute Gasteiger partial charge is 0.327 e. The first-order valence-electron chi connectivity index (χ1n) is 5.77. The van der Waals surface area contributed by atoms with E-state index >= 15 is 0 Å². The van der Waals surface area contributed by atoms with Crippen LogP contribution in [0.15, 0.2) is 12.4 Å². The van der Waals surface area contributed by atoms with Crippen LogP contribution >= 0.6 is 12.2 Å². The fourth-order valence-electron chi connectivity index (χ4n) is 2.22. The highest BCUT2D eigenvalue weighted by molar-refractivity contribution is 7.71. The molecule has 18 heavy (non-hydrogen) atoms. The molecule has 0 spiro atoms. The Hall–Kier alpha value is -1.89. The first-order valence-corrected chi connectivity index (χ1v) is 6.18. The van der Waals surface area contributed by atoms with Gasteiger partial charge in [0.15, 0.2) is 10.4 Å². The number of aromatic amines is 1. The average molecular weight is 262 g/mol. The third-order valence-electron chi connectivity index (χ3n) is 3.02. The second-order valence-electron chi connectivity index (χ2n) is 4.26. The summed E-state index contributed by atoms with van der Waals surface area (Å²) < 4.78 is 6.24. The van der Waals surface area contributed by atoms with Gasteiger partial charge in [0.25, 0.3) is 0 Å². The lowest BCUT2D eigenvalue weighted by Gasteiger charge is -2.00. The second-order valence-corrected chi connectivity index (χ2v) is 4.65. The molecule has 6 nitrogen and oxygen atoms in total. The van der Waals surface area contributed by atoms with Crippen molar-refractivity contribution in [3.05, 3.63) is 22.9 Å². The van der Waals surface area contributed by atoms with E-state index in [2.05, 4.69) is 22.1 Å². The number of hydrogen-bond donors (Lipinski definition) is 1. The lowest BCUT2D eigenvalue weighted by atomic mass is 10.3. The number of H-pyrrole nitrogens is 1. The van der Waals surface area contributed by atoms with Gasteiger partial charge < -0.3 is 4.98 Å². The van der Waals surface area contributed by atoms with Gasteiger partial charge in [0.1, 0.15) is 5.52 Å². The number of hydrogen-bond acceptors (Lipinski definition) is 3. The molecule has 0 saturated heterocycles. The Labute approximate surface area is 109 Å². The van der Waals surface area contributed by atoms with Crippen LogP contribution in [0.25, 0.3) is 16.9 Å². The van der Waals surface area contributed by atoms with E-state index in [1.807, 2.05) is 29.5 Å². The van der Waals surface area contributed by atoms with Crippen molar-refractivity contribution in [3.63, 3.8) is 0 Å². The first-order chi connectivity index (χ1) is 8.61. The fourth-order valence-corrected chi connectivity index (χ4v) is 2.52. The van der Waals surface area contributed by atoms with E-state index in [0.29, 0.717) is 4.77 Å². The molecule has 3 heterocycles. The molecule has 3 rings (SSSR count). The minimum atomic E-state index is 0.667. The maximum Gasteiger partial charge on any atom is 0.184 e. The Morgan fingerprint density at radius 1 is 1.39 bits per heavy atom. The highest BCUT2D eigenvalue weighted by Crippen LogP contribution is 2.21. The van der Waals surface area contributed by atoms with Crippen molar-refractivity contribution >= 4 is 23.4 Å². The van der Waals surface area contributed by atoms with Crippen molar-refractivity contribution in [3.8, 4) is 5.69 Å². The monoisotopic (exact) mass is 262 g/mol. The lowest BCUT2D eigenvalue weighted by Crippen LogP contribution is -2.00. The Bertz CT molecular complexity index is 771. The first kappa shape index (κ1) is 11.2. The summed E-state index contributed by atoms with van der Waals surface area (Å²) in [7, 11) is 3.81. The minimum Gasteiger partial charge on any atom is -0.327 e. The Morgan fingerprint density at radius 3 is 2.78 bits per heavy atom. The van der Waals surface area contributed by atoms with Gasteiger partial charge in [0.05, 0.1) is 17.6 Å². The number of imidazole rings is 1. The van der Waals surface area contributed by atoms with E-state index in [4.69, 9.17) is 12.2 Å². The number of fused-ring (bicyclic) bond motifs is 1. The SMILES string of the molecule is CCc1nn(C)c2c1[nH]c(=S)n2-c1cnn(C)c1. The molecule has 3 aromatic heterocycles. The number of aryl methyl sites for hydroxylation is 3. The molecule has 3 aromatic rings. The molecule has 0 aliphatic rings. The van der Waals surface area contributed by atoms with Crippen LogP contribution in [0.1, 0.15) is 12.6 Å². The van der Waals surface area contributed by atoms with Gasteiger partial charge in [-0.25, -0.2) is 4.68 Å². The zero-order chi connectivity index (χ0) is 12.9. The van der Waals surface area contributed by atoms with Crippen molar-refractivity contribution in [1.29, 1.82) is 0 Å². The molecule has 0 aliphatic heterocycles. The standard InChI is InChI=1S/C11H14N6S/c1-4-8-9-10(16(3)14-8)17(11(18)13-9)7-5-12-15(2)6-7/h5-6H,4H2,1-3H3,(H,13,18). The maximum atomic E-state index is 5.39. The third-order valence-corrected chi connectivity index (χ3v) is 3.31. The van der Waals surface area contributed by atoms with Crippen LogP contribution < -0.4 is 0 Å². The zero-order valence-electron chi connectivity index (χ0n) is 10.5. The van der Waals surface area contributed by atoms with Crippen LogP contribution in [-0.2, 0) is 20.5 Å². The van der Waals surface area contributed by atoms with Gasteiger partial charge in [-0.2, -0.15) is 10.2 Å². The van der Waals surface area contributed by atoms with Gasteiger partial charge in [-0.3, -0.25) is 9.25 Å². The molecule has 7 heteroatoms. The van der Waals surface area contributed by atoms with E-state index in [1.54, 1.807) is 10.9 Å². The maximum absolute atomic E-state index is 5.39. The van der Waals surface area contributed by atoms with Crippen molar-refractivity contribution in [1.82, 2.24) is 29.1 Å². The van der Waals surface area contributed by atoms with Crippen LogP contribution in [0.5, 0.6) is 0 Å². The number of nitrogens with one attached hydrogen (secondary N) is 1. The van der Waals surface area contributed by atoms with Crippen LogP contribution in [0.3, 0.4) is 0 Å². The van der Waals surface area contributed by atoms with E-state index < -0.39 is 0 Å². The molecule has 0 amide bonds. The summed E-state index contributed by atoms with van der Waals surface area (Å²) in [5, 5.41) is 8.68. The predicted molar refractivity (Wildman–Crippen MR) is 71.4 cm³/mol. The molecule has 0 fully saturated rings. The molecule has 0 aromatic carbocycles. The minimum absolute atomic E-state index is 0.667. The summed E-state index contributed by atoms with van der Waals surface area (Å²) in [5.41, 5.74) is 3.96. The van der Waals surface area contributed by atoms with E-state index in [9.17, 15) is 0 Å². The molecule has 0 atom stereocenters. The van der Waals surface area contributed by atoms with Crippen LogP contribution in [0, 0.1) is 4.77 Å². The quantitative estimate of drug-likeness (QED) is 0.715. The van der Waals surface area contributed by atoms with Gasteiger partial charge in [-0.05, 0) is 18.6 Å². The smallest absolute Gasteiger partial charge is 0.184 e. The van der Waals surface area contributed by atoms with Crippen molar-refractivity contribution in [2.45, 2.75) is 13.3 Å². The van der Waals surface area contributed by atoms with Gasteiger partial charge >= 0.3 is 0 Å². The number of rotatable bonds is 2. The van der Waals surface area contributed by atoms with Crippen molar-refractivity contribution in [2.24, 2.45) is 14.1 Å². The normalized spacial score (nSPS) is 11.5. The summed E-state index contributed by atoms with van der Waals surface area (Å²) in [6, 6.07) is 0. The molecular weight excluding hydrogens is 248 g/mol. The number of nitrogens with zero attached hydrogens (tertiary/aromatic N) is 5. The van der Waals surface area contributed by atoms with Gasteiger partial charge in [0, 0.05) is 20.3 Å². The summed E-state index contributed by atoms with van der Waals surface area (Å²) in [6.45, 7) is 2.08. The summed E-state index contributed by atoms with van der Waals surface area (Å²) in [5.74, 6) is 0. The molecule has 0 saturated carbocycles. The van der Waals surface area contributed by atoms with Gasteiger partial charge in [0.2, 0.25) is 0 Å². The molecule has 94 valence electrons. The third kappa shape index (κ3) is 1.43. The average Bonchev–Trinajstić information content (AvgIpc) is 2.96.